The topological polar surface area (TPSA) is 144 Å². The van der Waals surface area contributed by atoms with Gasteiger partial charge in [0.2, 0.25) is 5.82 Å². The van der Waals surface area contributed by atoms with Gasteiger partial charge in [-0.3, -0.25) is 4.79 Å². The van der Waals surface area contributed by atoms with Crippen molar-refractivity contribution >= 4 is 22.8 Å². The van der Waals surface area contributed by atoms with Gasteiger partial charge < -0.3 is 25.4 Å². The molecule has 2 aromatic heterocycles. The third-order valence-corrected chi connectivity index (χ3v) is 7.63. The number of halogens is 3. The van der Waals surface area contributed by atoms with Crippen molar-refractivity contribution in [2.75, 3.05) is 39.1 Å². The van der Waals surface area contributed by atoms with Crippen molar-refractivity contribution in [2.24, 2.45) is 0 Å². The molecule has 3 heterocycles. The first-order valence-corrected chi connectivity index (χ1v) is 14.6. The summed E-state index contributed by atoms with van der Waals surface area (Å²) in [7, 11) is 1.59. The van der Waals surface area contributed by atoms with Crippen molar-refractivity contribution in [3.05, 3.63) is 71.8 Å². The maximum Gasteiger partial charge on any atom is 0.264 e. The number of likely N-dealkylation sites (tertiary alicyclic amines) is 1. The average molecular weight is 635 g/mol. The van der Waals surface area contributed by atoms with Gasteiger partial charge >= 0.3 is 0 Å². The second-order valence-corrected chi connectivity index (χ2v) is 11.4. The van der Waals surface area contributed by atoms with E-state index in [9.17, 15) is 18.8 Å². The molecule has 0 radical (unpaired) electrons. The van der Waals surface area contributed by atoms with E-state index in [0.29, 0.717) is 43.6 Å². The number of nitrogens with zero attached hydrogens (tertiary/aromatic N) is 6. The lowest BCUT2D eigenvalue weighted by Gasteiger charge is -2.33. The van der Waals surface area contributed by atoms with Crippen molar-refractivity contribution in [3.63, 3.8) is 0 Å². The molecule has 14 heteroatoms. The number of carbonyl (C=O) groups excluding carboxylic acids is 1. The summed E-state index contributed by atoms with van der Waals surface area (Å²) in [4.78, 5) is 23.6. The highest BCUT2D eigenvalue weighted by atomic mass is 19.2. The van der Waals surface area contributed by atoms with E-state index in [1.165, 1.54) is 30.6 Å². The molecule has 0 aliphatic carbocycles. The Hall–Kier alpha value is -5.00. The fourth-order valence-corrected chi connectivity index (χ4v) is 5.42. The Kier molecular flexibility index (Phi) is 9.54. The zero-order valence-electron chi connectivity index (χ0n) is 25.6. The molecule has 5 rings (SSSR count). The molecule has 4 aromatic rings. The van der Waals surface area contributed by atoms with Gasteiger partial charge in [0.1, 0.15) is 41.0 Å². The largest absolute Gasteiger partial charge is 0.454 e. The summed E-state index contributed by atoms with van der Waals surface area (Å²) in [6, 6.07) is 8.96. The first-order valence-electron chi connectivity index (χ1n) is 14.6. The van der Waals surface area contributed by atoms with Gasteiger partial charge in [0.15, 0.2) is 17.2 Å². The molecule has 2 aromatic carbocycles. The second-order valence-electron chi connectivity index (χ2n) is 11.4. The predicted octanol–water partition coefficient (Wildman–Crippen LogP) is 4.91. The minimum absolute atomic E-state index is 0.00986. The number of fused-ring (bicyclic) bond motifs is 1. The highest BCUT2D eigenvalue weighted by Crippen LogP contribution is 2.37. The fraction of sp³-hybridized carbons (Fsp3) is 0.344. The van der Waals surface area contributed by atoms with Crippen LogP contribution in [0.4, 0.5) is 19.0 Å². The number of nitrogen functional groups attached to an aromatic ring is 1. The number of piperidine rings is 1. The molecule has 1 aliphatic rings. The number of amides is 1. The number of anilines is 1. The van der Waals surface area contributed by atoms with E-state index in [0.717, 1.165) is 12.1 Å². The highest BCUT2D eigenvalue weighted by molar-refractivity contribution is 5.99. The summed E-state index contributed by atoms with van der Waals surface area (Å²) in [5.41, 5.74) is 6.18. The van der Waals surface area contributed by atoms with Gasteiger partial charge in [-0.2, -0.15) is 14.8 Å². The summed E-state index contributed by atoms with van der Waals surface area (Å²) < 4.78 is 55.4. The molecular weight excluding hydrogens is 601 g/mol. The molecule has 46 heavy (non-hydrogen) atoms. The molecule has 1 fully saturated rings. The van der Waals surface area contributed by atoms with Crippen LogP contribution in [0.25, 0.3) is 22.3 Å². The Bertz CT molecular complexity index is 1840. The lowest BCUT2D eigenvalue weighted by molar-refractivity contribution is -0.128. The number of benzene rings is 2. The quantitative estimate of drug-likeness (QED) is 0.141. The molecule has 0 unspecified atom stereocenters. The van der Waals surface area contributed by atoms with E-state index in [-0.39, 0.29) is 41.0 Å². The van der Waals surface area contributed by atoms with Crippen LogP contribution in [0.15, 0.2) is 54.4 Å². The third kappa shape index (κ3) is 6.80. The Morgan fingerprint density at radius 3 is 2.76 bits per heavy atom. The third-order valence-electron chi connectivity index (χ3n) is 7.63. The number of nitriles is 1. The number of ether oxygens (including phenoxy) is 2. The summed E-state index contributed by atoms with van der Waals surface area (Å²) in [6.07, 6.45) is 4.15. The predicted molar refractivity (Wildman–Crippen MR) is 164 cm³/mol. The van der Waals surface area contributed by atoms with Crippen LogP contribution in [0.5, 0.6) is 11.5 Å². The Balaban J connectivity index is 1.44. The molecule has 1 aliphatic heterocycles. The van der Waals surface area contributed by atoms with Gasteiger partial charge in [-0.05, 0) is 57.0 Å². The lowest BCUT2D eigenvalue weighted by Crippen LogP contribution is -2.43. The van der Waals surface area contributed by atoms with Crippen molar-refractivity contribution in [1.82, 2.24) is 30.0 Å². The molecule has 240 valence electrons. The monoisotopic (exact) mass is 634 g/mol. The van der Waals surface area contributed by atoms with Crippen LogP contribution in [-0.2, 0) is 9.53 Å². The van der Waals surface area contributed by atoms with E-state index in [1.54, 1.807) is 22.8 Å². The maximum atomic E-state index is 15.6. The van der Waals surface area contributed by atoms with Gasteiger partial charge in [0, 0.05) is 43.9 Å². The number of carbonyl (C=O) groups is 1. The van der Waals surface area contributed by atoms with Gasteiger partial charge in [-0.15, -0.1) is 0 Å². The standard InChI is InChI=1S/C32H33F3N8O3/c1-32(2,40-11-13-45-3)15-19(16-36)31(44)42-12-5-6-20(17-42)43-30-26(29(37)38-18-39-30)28(41-43)22-10-9-21(14-24(22)34)46-25-8-4-7-23(33)27(25)35/h4,7-10,14-15,18,20,40H,5-6,11-13,17H2,1-3H3,(H2,37,38,39)/b19-15-/t20-/m0/s1. The number of hydrogen-bond acceptors (Lipinski definition) is 9. The van der Waals surface area contributed by atoms with Crippen molar-refractivity contribution < 1.29 is 27.4 Å². The molecule has 0 spiro atoms. The minimum atomic E-state index is -1.19. The van der Waals surface area contributed by atoms with Crippen molar-refractivity contribution in [3.8, 4) is 28.8 Å². The number of nitrogens with one attached hydrogen (secondary N) is 1. The molecular formula is C32H33F3N8O3. The molecule has 3 N–H and O–H groups in total. The molecule has 11 nitrogen and oxygen atoms in total. The lowest BCUT2D eigenvalue weighted by atomic mass is 9.99. The minimum Gasteiger partial charge on any atom is -0.454 e. The van der Waals surface area contributed by atoms with Crippen LogP contribution in [0.3, 0.4) is 0 Å². The smallest absolute Gasteiger partial charge is 0.264 e. The first-order chi connectivity index (χ1) is 22.0. The number of aromatic nitrogens is 4. The summed E-state index contributed by atoms with van der Waals surface area (Å²) in [5, 5.41) is 18.1. The van der Waals surface area contributed by atoms with Crippen LogP contribution in [0, 0.1) is 28.8 Å². The van der Waals surface area contributed by atoms with Gasteiger partial charge in [-0.1, -0.05) is 6.07 Å². The summed E-state index contributed by atoms with van der Waals surface area (Å²) in [6.45, 7) is 5.42. The van der Waals surface area contributed by atoms with Crippen LogP contribution >= 0.6 is 0 Å². The summed E-state index contributed by atoms with van der Waals surface area (Å²) >= 11 is 0. The first kappa shape index (κ1) is 32.4. The van der Waals surface area contributed by atoms with Gasteiger partial charge in [-0.25, -0.2) is 23.4 Å². The molecule has 1 amide bonds. The maximum absolute atomic E-state index is 15.6. The van der Waals surface area contributed by atoms with E-state index >= 15 is 4.39 Å². The Morgan fingerprint density at radius 1 is 1.22 bits per heavy atom. The van der Waals surface area contributed by atoms with Crippen LogP contribution in [0.1, 0.15) is 32.7 Å². The molecule has 1 atom stereocenters. The zero-order valence-corrected chi connectivity index (χ0v) is 25.6. The Morgan fingerprint density at radius 2 is 2.02 bits per heavy atom. The highest BCUT2D eigenvalue weighted by Gasteiger charge is 2.31. The van der Waals surface area contributed by atoms with E-state index in [2.05, 4.69) is 15.3 Å². The molecule has 0 bridgehead atoms. The van der Waals surface area contributed by atoms with Crippen molar-refractivity contribution in [2.45, 2.75) is 38.3 Å². The normalized spacial score (nSPS) is 15.6. The van der Waals surface area contributed by atoms with E-state index in [4.69, 9.17) is 20.3 Å². The second kappa shape index (κ2) is 13.6. The summed E-state index contributed by atoms with van der Waals surface area (Å²) in [5.74, 6) is -3.82. The Labute approximate surface area is 263 Å². The molecule has 1 saturated heterocycles. The van der Waals surface area contributed by atoms with Gasteiger partial charge in [0.05, 0.1) is 18.0 Å². The number of nitrogens with two attached hydrogens (primary N) is 1. The van der Waals surface area contributed by atoms with Crippen molar-refractivity contribution in [1.29, 1.82) is 5.26 Å². The van der Waals surface area contributed by atoms with E-state index < -0.39 is 34.6 Å². The van der Waals surface area contributed by atoms with Crippen LogP contribution in [-0.4, -0.2) is 69.4 Å². The number of methoxy groups -OCH3 is 1. The fourth-order valence-electron chi connectivity index (χ4n) is 5.42. The number of hydrogen-bond donors (Lipinski definition) is 2. The van der Waals surface area contributed by atoms with Gasteiger partial charge in [0.25, 0.3) is 5.91 Å². The average Bonchev–Trinajstić information content (AvgIpc) is 3.43. The SMILES string of the molecule is COCCNC(C)(C)/C=C(/C#N)C(=O)N1CCC[C@H](n2nc(-c3ccc(Oc4cccc(F)c4F)cc3F)c3c(N)ncnc32)C1. The van der Waals surface area contributed by atoms with E-state index in [1.807, 2.05) is 19.9 Å². The van der Waals surface area contributed by atoms with Crippen LogP contribution < -0.4 is 15.8 Å². The zero-order chi connectivity index (χ0) is 33.0. The number of rotatable bonds is 10. The van der Waals surface area contributed by atoms with Crippen LogP contribution in [0.2, 0.25) is 0 Å². The molecule has 0 saturated carbocycles.